The van der Waals surface area contributed by atoms with Gasteiger partial charge in [-0.3, -0.25) is 9.69 Å². The Morgan fingerprint density at radius 1 is 1.12 bits per heavy atom. The summed E-state index contributed by atoms with van der Waals surface area (Å²) in [5.74, 6) is 0.965. The highest BCUT2D eigenvalue weighted by Gasteiger charge is 2.29. The Kier molecular flexibility index (Phi) is 6.49. The van der Waals surface area contributed by atoms with Crippen LogP contribution in [0.1, 0.15) is 44.2 Å². The van der Waals surface area contributed by atoms with Crippen LogP contribution in [0.25, 0.3) is 0 Å². The van der Waals surface area contributed by atoms with Crippen LogP contribution in [0.2, 0.25) is 0 Å². The molecule has 138 valence electrons. The van der Waals surface area contributed by atoms with Crippen molar-refractivity contribution in [1.82, 2.24) is 15.1 Å². The van der Waals surface area contributed by atoms with Gasteiger partial charge in [0.15, 0.2) is 0 Å². The molecule has 1 aromatic rings. The lowest BCUT2D eigenvalue weighted by atomic mass is 9.91. The van der Waals surface area contributed by atoms with Crippen molar-refractivity contribution in [2.45, 2.75) is 38.6 Å². The standard InChI is InChI=1S/C21H33N3O/c1-17(18-8-6-7-9-18)21(25)22-16-20(19-10-4-3-5-11-19)24-14-12-23(2)13-15-24/h3-5,10-11,17-18,20H,6-9,12-16H2,1-2H3,(H,22,25). The minimum absolute atomic E-state index is 0.145. The number of likely N-dealkylation sites (N-methyl/N-ethyl adjacent to an activating group) is 1. The predicted octanol–water partition coefficient (Wildman–Crippen LogP) is 2.92. The zero-order valence-electron chi connectivity index (χ0n) is 15.8. The fourth-order valence-electron chi connectivity index (χ4n) is 4.30. The third-order valence-electron chi connectivity index (χ3n) is 6.15. The summed E-state index contributed by atoms with van der Waals surface area (Å²) in [6.45, 7) is 7.13. The van der Waals surface area contributed by atoms with Gasteiger partial charge in [-0.25, -0.2) is 0 Å². The van der Waals surface area contributed by atoms with Crippen LogP contribution in [-0.2, 0) is 4.79 Å². The molecule has 4 nitrogen and oxygen atoms in total. The van der Waals surface area contributed by atoms with Gasteiger partial charge in [-0.15, -0.1) is 0 Å². The summed E-state index contributed by atoms with van der Waals surface area (Å²) >= 11 is 0. The molecule has 4 heteroatoms. The van der Waals surface area contributed by atoms with Crippen LogP contribution in [0, 0.1) is 11.8 Å². The molecule has 2 unspecified atom stereocenters. The van der Waals surface area contributed by atoms with E-state index in [9.17, 15) is 4.79 Å². The highest BCUT2D eigenvalue weighted by Crippen LogP contribution is 2.31. The second kappa shape index (κ2) is 8.81. The van der Waals surface area contributed by atoms with Crippen LogP contribution in [0.5, 0.6) is 0 Å². The van der Waals surface area contributed by atoms with Gasteiger partial charge in [0.1, 0.15) is 0 Å². The monoisotopic (exact) mass is 343 g/mol. The molecule has 0 radical (unpaired) electrons. The lowest BCUT2D eigenvalue weighted by Crippen LogP contribution is -2.49. The molecule has 1 N–H and O–H groups in total. The Morgan fingerprint density at radius 3 is 2.40 bits per heavy atom. The van der Waals surface area contributed by atoms with Gasteiger partial charge in [-0.05, 0) is 31.4 Å². The van der Waals surface area contributed by atoms with E-state index in [2.05, 4.69) is 59.4 Å². The van der Waals surface area contributed by atoms with Crippen molar-refractivity contribution in [2.75, 3.05) is 39.8 Å². The fraction of sp³-hybridized carbons (Fsp3) is 0.667. The first-order valence-electron chi connectivity index (χ1n) is 9.90. The minimum atomic E-state index is 0.145. The van der Waals surface area contributed by atoms with Gasteiger partial charge < -0.3 is 10.2 Å². The van der Waals surface area contributed by atoms with Crippen molar-refractivity contribution >= 4 is 5.91 Å². The van der Waals surface area contributed by atoms with Crippen LogP contribution < -0.4 is 5.32 Å². The van der Waals surface area contributed by atoms with Gasteiger partial charge in [-0.2, -0.15) is 0 Å². The van der Waals surface area contributed by atoms with Crippen LogP contribution in [0.15, 0.2) is 30.3 Å². The molecule has 1 aliphatic carbocycles. The number of hydrogen-bond acceptors (Lipinski definition) is 3. The molecule has 3 rings (SSSR count). The van der Waals surface area contributed by atoms with E-state index < -0.39 is 0 Å². The van der Waals surface area contributed by atoms with Crippen LogP contribution in [-0.4, -0.2) is 55.5 Å². The van der Waals surface area contributed by atoms with E-state index in [0.29, 0.717) is 12.5 Å². The summed E-state index contributed by atoms with van der Waals surface area (Å²) in [6.07, 6.45) is 5.01. The van der Waals surface area contributed by atoms with Crippen molar-refractivity contribution in [3.8, 4) is 0 Å². The molecule has 1 saturated heterocycles. The summed E-state index contributed by atoms with van der Waals surface area (Å²) in [6, 6.07) is 10.9. The van der Waals surface area contributed by atoms with Gasteiger partial charge in [0, 0.05) is 38.6 Å². The van der Waals surface area contributed by atoms with Crippen molar-refractivity contribution in [2.24, 2.45) is 11.8 Å². The molecule has 1 amide bonds. The van der Waals surface area contributed by atoms with Crippen LogP contribution >= 0.6 is 0 Å². The van der Waals surface area contributed by atoms with Gasteiger partial charge in [0.2, 0.25) is 5.91 Å². The molecule has 2 fully saturated rings. The predicted molar refractivity (Wildman–Crippen MR) is 102 cm³/mol. The maximum Gasteiger partial charge on any atom is 0.223 e. The largest absolute Gasteiger partial charge is 0.354 e. The Balaban J connectivity index is 1.62. The van der Waals surface area contributed by atoms with E-state index in [0.717, 1.165) is 26.2 Å². The van der Waals surface area contributed by atoms with Crippen molar-refractivity contribution in [1.29, 1.82) is 0 Å². The Bertz CT molecular complexity index is 533. The quantitative estimate of drug-likeness (QED) is 0.863. The number of carbonyl (C=O) groups is 1. The third kappa shape index (κ3) is 4.83. The van der Waals surface area contributed by atoms with Crippen molar-refractivity contribution < 1.29 is 4.79 Å². The summed E-state index contributed by atoms with van der Waals surface area (Å²) in [5.41, 5.74) is 1.31. The Hall–Kier alpha value is -1.39. The third-order valence-corrected chi connectivity index (χ3v) is 6.15. The van der Waals surface area contributed by atoms with Gasteiger partial charge in [-0.1, -0.05) is 50.1 Å². The number of benzene rings is 1. The normalized spacial score (nSPS) is 22.6. The summed E-state index contributed by atoms with van der Waals surface area (Å²) in [4.78, 5) is 17.6. The first-order chi connectivity index (χ1) is 12.1. The molecule has 0 bridgehead atoms. The maximum atomic E-state index is 12.7. The second-order valence-corrected chi connectivity index (χ2v) is 7.84. The number of amides is 1. The minimum Gasteiger partial charge on any atom is -0.354 e. The van der Waals surface area contributed by atoms with E-state index in [4.69, 9.17) is 0 Å². The topological polar surface area (TPSA) is 35.6 Å². The van der Waals surface area contributed by atoms with E-state index in [1.165, 1.54) is 31.2 Å². The number of nitrogens with zero attached hydrogens (tertiary/aromatic N) is 2. The molecular formula is C21H33N3O. The average molecular weight is 344 g/mol. The number of rotatable bonds is 6. The average Bonchev–Trinajstić information content (AvgIpc) is 3.18. The lowest BCUT2D eigenvalue weighted by Gasteiger charge is -2.38. The molecule has 1 saturated carbocycles. The smallest absolute Gasteiger partial charge is 0.223 e. The van der Waals surface area contributed by atoms with E-state index in [-0.39, 0.29) is 17.9 Å². The van der Waals surface area contributed by atoms with Gasteiger partial charge >= 0.3 is 0 Å². The second-order valence-electron chi connectivity index (χ2n) is 7.84. The zero-order valence-corrected chi connectivity index (χ0v) is 15.8. The molecule has 1 aliphatic heterocycles. The molecular weight excluding hydrogens is 310 g/mol. The lowest BCUT2D eigenvalue weighted by molar-refractivity contribution is -0.126. The van der Waals surface area contributed by atoms with E-state index in [1.54, 1.807) is 0 Å². The highest BCUT2D eigenvalue weighted by molar-refractivity contribution is 5.78. The molecule has 1 heterocycles. The highest BCUT2D eigenvalue weighted by atomic mass is 16.1. The molecule has 2 aliphatic rings. The SMILES string of the molecule is CC(C(=O)NCC(c1ccccc1)N1CCN(C)CC1)C1CCCC1. The zero-order chi connectivity index (χ0) is 17.6. The van der Waals surface area contributed by atoms with E-state index in [1.807, 2.05) is 0 Å². The summed E-state index contributed by atoms with van der Waals surface area (Å²) in [7, 11) is 2.18. The molecule has 0 spiro atoms. The molecule has 1 aromatic carbocycles. The number of carbonyl (C=O) groups excluding carboxylic acids is 1. The van der Waals surface area contributed by atoms with Gasteiger partial charge in [0.05, 0.1) is 6.04 Å². The number of hydrogen-bond donors (Lipinski definition) is 1. The summed E-state index contributed by atoms with van der Waals surface area (Å²) in [5, 5.41) is 3.27. The molecule has 25 heavy (non-hydrogen) atoms. The van der Waals surface area contributed by atoms with Crippen molar-refractivity contribution in [3.05, 3.63) is 35.9 Å². The number of piperazine rings is 1. The van der Waals surface area contributed by atoms with Crippen molar-refractivity contribution in [3.63, 3.8) is 0 Å². The summed E-state index contributed by atoms with van der Waals surface area (Å²) < 4.78 is 0. The molecule has 2 atom stereocenters. The first kappa shape index (κ1) is 18.4. The maximum absolute atomic E-state index is 12.7. The fourth-order valence-corrected chi connectivity index (χ4v) is 4.30. The van der Waals surface area contributed by atoms with Crippen LogP contribution in [0.3, 0.4) is 0 Å². The first-order valence-corrected chi connectivity index (χ1v) is 9.90. The van der Waals surface area contributed by atoms with Gasteiger partial charge in [0.25, 0.3) is 0 Å². The van der Waals surface area contributed by atoms with Crippen LogP contribution in [0.4, 0.5) is 0 Å². The number of nitrogens with one attached hydrogen (secondary N) is 1. The Labute approximate surface area is 152 Å². The molecule has 0 aromatic heterocycles. The van der Waals surface area contributed by atoms with E-state index >= 15 is 0 Å². The Morgan fingerprint density at radius 2 is 1.76 bits per heavy atom.